The van der Waals surface area contributed by atoms with E-state index in [1.807, 2.05) is 0 Å². The highest BCUT2D eigenvalue weighted by molar-refractivity contribution is 7.89. The minimum atomic E-state index is -3.56. The number of benzene rings is 1. The topological polar surface area (TPSA) is 60.9 Å². The molecule has 1 N–H and O–H groups in total. The molecule has 2 heterocycles. The fraction of sp³-hybridized carbons (Fsp3) is 0.625. The molecule has 0 aromatic heterocycles. The van der Waals surface area contributed by atoms with Crippen molar-refractivity contribution in [1.29, 1.82) is 0 Å². The van der Waals surface area contributed by atoms with E-state index < -0.39 is 15.8 Å². The molecule has 23 heavy (non-hydrogen) atoms. The molecule has 2 aliphatic rings. The molecule has 128 valence electrons. The normalized spacial score (nSPS) is 25.1. The number of aliphatic hydroxyl groups is 1. The van der Waals surface area contributed by atoms with Gasteiger partial charge in [0.25, 0.3) is 0 Å². The summed E-state index contributed by atoms with van der Waals surface area (Å²) in [5.74, 6) is -0.393. The van der Waals surface area contributed by atoms with Gasteiger partial charge in [-0.2, -0.15) is 4.31 Å². The number of halogens is 1. The summed E-state index contributed by atoms with van der Waals surface area (Å²) in [5, 5.41) is 9.63. The van der Waals surface area contributed by atoms with E-state index in [-0.39, 0.29) is 11.0 Å². The average Bonchev–Trinajstić information content (AvgIpc) is 2.96. The number of sulfonamides is 1. The van der Waals surface area contributed by atoms with Crippen LogP contribution in [0.25, 0.3) is 0 Å². The molecule has 0 radical (unpaired) electrons. The number of aryl methyl sites for hydroxylation is 1. The molecule has 7 heteroatoms. The van der Waals surface area contributed by atoms with Crippen LogP contribution in [0.2, 0.25) is 0 Å². The predicted octanol–water partition coefficient (Wildman–Crippen LogP) is 1.35. The molecular weight excluding hydrogens is 319 g/mol. The highest BCUT2D eigenvalue weighted by atomic mass is 32.2. The van der Waals surface area contributed by atoms with Gasteiger partial charge >= 0.3 is 0 Å². The fourth-order valence-corrected chi connectivity index (χ4v) is 5.03. The molecule has 2 aliphatic heterocycles. The molecule has 5 nitrogen and oxygen atoms in total. The van der Waals surface area contributed by atoms with Gasteiger partial charge < -0.3 is 5.11 Å². The zero-order valence-corrected chi connectivity index (χ0v) is 14.1. The first kappa shape index (κ1) is 16.8. The maximum absolute atomic E-state index is 13.4. The lowest BCUT2D eigenvalue weighted by atomic mass is 10.1. The number of aliphatic hydroxyl groups excluding tert-OH is 1. The van der Waals surface area contributed by atoms with E-state index in [1.54, 1.807) is 6.92 Å². The average molecular weight is 342 g/mol. The molecule has 2 fully saturated rings. The standard InChI is InChI=1S/C16H23FN2O3S/c1-12-10-15(2-3-16(12)17)23(21,22)19-8-4-13(5-9-19)18-7-6-14(20)11-18/h2-3,10,13-14,20H,4-9,11H2,1H3. The third-order valence-corrected chi connectivity index (χ3v) is 6.80. The quantitative estimate of drug-likeness (QED) is 0.901. The highest BCUT2D eigenvalue weighted by Gasteiger charge is 2.34. The molecule has 0 amide bonds. The Bertz CT molecular complexity index is 672. The largest absolute Gasteiger partial charge is 0.392 e. The lowest BCUT2D eigenvalue weighted by Gasteiger charge is -2.36. The van der Waals surface area contributed by atoms with Gasteiger partial charge in [-0.05, 0) is 49.9 Å². The van der Waals surface area contributed by atoms with Crippen molar-refractivity contribution in [3.05, 3.63) is 29.6 Å². The maximum atomic E-state index is 13.4. The molecule has 0 bridgehead atoms. The Hall–Kier alpha value is -1.02. The summed E-state index contributed by atoms with van der Waals surface area (Å²) in [6.45, 7) is 4.08. The van der Waals surface area contributed by atoms with Crippen LogP contribution in [0.1, 0.15) is 24.8 Å². The Balaban J connectivity index is 1.67. The van der Waals surface area contributed by atoms with Gasteiger partial charge in [-0.25, -0.2) is 12.8 Å². The van der Waals surface area contributed by atoms with Gasteiger partial charge in [-0.3, -0.25) is 4.90 Å². The van der Waals surface area contributed by atoms with Crippen LogP contribution >= 0.6 is 0 Å². The molecule has 1 atom stereocenters. The van der Waals surface area contributed by atoms with E-state index in [1.165, 1.54) is 22.5 Å². The summed E-state index contributed by atoms with van der Waals surface area (Å²) in [6, 6.07) is 4.28. The van der Waals surface area contributed by atoms with Gasteiger partial charge in [0.05, 0.1) is 11.0 Å². The third kappa shape index (κ3) is 3.42. The van der Waals surface area contributed by atoms with E-state index in [2.05, 4.69) is 4.90 Å². The Morgan fingerprint density at radius 1 is 1.17 bits per heavy atom. The Morgan fingerprint density at radius 3 is 2.43 bits per heavy atom. The molecule has 0 spiro atoms. The highest BCUT2D eigenvalue weighted by Crippen LogP contribution is 2.26. The lowest BCUT2D eigenvalue weighted by Crippen LogP contribution is -2.46. The van der Waals surface area contributed by atoms with Crippen LogP contribution in [0.5, 0.6) is 0 Å². The number of β-amino-alcohol motifs (C(OH)–C–C–N with tert-alkyl or cyclic N) is 1. The van der Waals surface area contributed by atoms with Crippen molar-refractivity contribution >= 4 is 10.0 Å². The van der Waals surface area contributed by atoms with Crippen molar-refractivity contribution in [2.24, 2.45) is 0 Å². The maximum Gasteiger partial charge on any atom is 0.243 e. The van der Waals surface area contributed by atoms with Gasteiger partial charge in [-0.15, -0.1) is 0 Å². The molecule has 2 saturated heterocycles. The van der Waals surface area contributed by atoms with Crippen LogP contribution in [0, 0.1) is 12.7 Å². The predicted molar refractivity (Wildman–Crippen MR) is 85.1 cm³/mol. The first-order valence-electron chi connectivity index (χ1n) is 8.06. The molecule has 1 unspecified atom stereocenters. The molecule has 3 rings (SSSR count). The van der Waals surface area contributed by atoms with Crippen molar-refractivity contribution in [2.75, 3.05) is 26.2 Å². The number of hydrogen-bond donors (Lipinski definition) is 1. The summed E-state index contributed by atoms with van der Waals surface area (Å²) >= 11 is 0. The monoisotopic (exact) mass is 342 g/mol. The van der Waals surface area contributed by atoms with Crippen molar-refractivity contribution in [2.45, 2.75) is 43.2 Å². The SMILES string of the molecule is Cc1cc(S(=O)(=O)N2CCC(N3CCC(O)C3)CC2)ccc1F. The minimum Gasteiger partial charge on any atom is -0.392 e. The number of hydrogen-bond acceptors (Lipinski definition) is 4. The second-order valence-corrected chi connectivity index (χ2v) is 8.42. The van der Waals surface area contributed by atoms with Crippen LogP contribution in [-0.2, 0) is 10.0 Å². The van der Waals surface area contributed by atoms with Crippen molar-refractivity contribution < 1.29 is 17.9 Å². The molecule has 1 aromatic rings. The first-order chi connectivity index (χ1) is 10.9. The number of likely N-dealkylation sites (tertiary alicyclic amines) is 1. The van der Waals surface area contributed by atoms with Crippen LogP contribution in [-0.4, -0.2) is 61.1 Å². The smallest absolute Gasteiger partial charge is 0.243 e. The molecule has 0 saturated carbocycles. The Labute approximate surface area is 136 Å². The van der Waals surface area contributed by atoms with Crippen LogP contribution in [0.4, 0.5) is 4.39 Å². The third-order valence-electron chi connectivity index (χ3n) is 4.90. The van der Waals surface area contributed by atoms with Crippen LogP contribution in [0.15, 0.2) is 23.1 Å². The minimum absolute atomic E-state index is 0.159. The van der Waals surface area contributed by atoms with E-state index >= 15 is 0 Å². The van der Waals surface area contributed by atoms with Gasteiger partial charge in [0.1, 0.15) is 5.82 Å². The molecule has 0 aliphatic carbocycles. The van der Waals surface area contributed by atoms with E-state index in [4.69, 9.17) is 0 Å². The second kappa shape index (κ2) is 6.47. The zero-order chi connectivity index (χ0) is 16.6. The van der Waals surface area contributed by atoms with Crippen molar-refractivity contribution in [1.82, 2.24) is 9.21 Å². The summed E-state index contributed by atoms with van der Waals surface area (Å²) in [5.41, 5.74) is 0.340. The summed E-state index contributed by atoms with van der Waals surface area (Å²) < 4.78 is 40.2. The van der Waals surface area contributed by atoms with Crippen LogP contribution in [0.3, 0.4) is 0 Å². The number of piperidine rings is 1. The van der Waals surface area contributed by atoms with Gasteiger partial charge in [0, 0.05) is 32.2 Å². The summed E-state index contributed by atoms with van der Waals surface area (Å²) in [6.07, 6.45) is 2.09. The van der Waals surface area contributed by atoms with Crippen LogP contribution < -0.4 is 0 Å². The zero-order valence-electron chi connectivity index (χ0n) is 13.3. The van der Waals surface area contributed by atoms with Crippen molar-refractivity contribution in [3.63, 3.8) is 0 Å². The van der Waals surface area contributed by atoms with Gasteiger partial charge in [-0.1, -0.05) is 0 Å². The molecule has 1 aromatic carbocycles. The van der Waals surface area contributed by atoms with E-state index in [9.17, 15) is 17.9 Å². The molecular formula is C16H23FN2O3S. The Morgan fingerprint density at radius 2 is 1.87 bits per heavy atom. The van der Waals surface area contributed by atoms with E-state index in [0.717, 1.165) is 25.8 Å². The fourth-order valence-electron chi connectivity index (χ4n) is 3.47. The van der Waals surface area contributed by atoms with Gasteiger partial charge in [0.2, 0.25) is 10.0 Å². The summed E-state index contributed by atoms with van der Waals surface area (Å²) in [4.78, 5) is 2.42. The number of nitrogens with zero attached hydrogens (tertiary/aromatic N) is 2. The second-order valence-electron chi connectivity index (χ2n) is 6.48. The van der Waals surface area contributed by atoms with Gasteiger partial charge in [0.15, 0.2) is 0 Å². The van der Waals surface area contributed by atoms with E-state index in [0.29, 0.717) is 31.2 Å². The van der Waals surface area contributed by atoms with Crippen molar-refractivity contribution in [3.8, 4) is 0 Å². The summed E-state index contributed by atoms with van der Waals surface area (Å²) in [7, 11) is -3.56. The number of rotatable bonds is 3. The lowest BCUT2D eigenvalue weighted by molar-refractivity contribution is 0.132. The Kier molecular flexibility index (Phi) is 4.73. The first-order valence-corrected chi connectivity index (χ1v) is 9.50.